The highest BCUT2D eigenvalue weighted by atomic mass is 32.1. The van der Waals surface area contributed by atoms with Crippen molar-refractivity contribution in [3.05, 3.63) is 88.9 Å². The van der Waals surface area contributed by atoms with E-state index >= 15 is 0 Å². The summed E-state index contributed by atoms with van der Waals surface area (Å²) in [5.41, 5.74) is 2.86. The zero-order valence-electron chi connectivity index (χ0n) is 18.5. The average molecular weight is 472 g/mol. The van der Waals surface area contributed by atoms with Gasteiger partial charge in [0.15, 0.2) is 0 Å². The number of para-hydroxylation sites is 1. The smallest absolute Gasteiger partial charge is 0.256 e. The molecule has 4 aromatic rings. The number of amides is 2. The van der Waals surface area contributed by atoms with Crippen LogP contribution < -0.4 is 15.4 Å². The SMILES string of the molecule is CC(C)(C(=O)Nc1nncs1)[C@H]1c2ccccc2Oc2nc(NC(=O)c3ccccc3)ccc21. The van der Waals surface area contributed by atoms with E-state index in [0.717, 1.165) is 11.1 Å². The lowest BCUT2D eigenvalue weighted by Crippen LogP contribution is -2.38. The van der Waals surface area contributed by atoms with Gasteiger partial charge in [0.1, 0.15) is 17.1 Å². The molecular formula is C25H21N5O3S. The minimum absolute atomic E-state index is 0.196. The maximum absolute atomic E-state index is 13.3. The number of carbonyl (C=O) groups is 2. The van der Waals surface area contributed by atoms with Crippen LogP contribution in [0.3, 0.4) is 0 Å². The molecule has 2 amide bonds. The molecule has 1 aliphatic heterocycles. The summed E-state index contributed by atoms with van der Waals surface area (Å²) in [7, 11) is 0. The van der Waals surface area contributed by atoms with Crippen LogP contribution >= 0.6 is 11.3 Å². The molecular weight excluding hydrogens is 450 g/mol. The first kappa shape index (κ1) is 21.7. The molecule has 2 aromatic carbocycles. The van der Waals surface area contributed by atoms with E-state index < -0.39 is 5.41 Å². The van der Waals surface area contributed by atoms with Gasteiger partial charge in [0.25, 0.3) is 5.91 Å². The van der Waals surface area contributed by atoms with E-state index in [1.807, 2.05) is 50.2 Å². The van der Waals surface area contributed by atoms with Crippen molar-refractivity contribution >= 4 is 34.1 Å². The molecule has 0 spiro atoms. The fraction of sp³-hybridized carbons (Fsp3) is 0.160. The normalized spacial score (nSPS) is 14.4. The standard InChI is InChI=1S/C25H21N5O3S/c1-25(2,23(32)29-24-30-26-14-34-24)20-16-10-6-7-11-18(16)33-22-17(20)12-13-19(28-22)27-21(31)15-8-4-3-5-9-15/h3-14,20H,1-2H3,(H,27,28,31)(H,29,30,32)/t20-/m0/s1. The van der Waals surface area contributed by atoms with Crippen molar-refractivity contribution in [2.24, 2.45) is 5.41 Å². The Morgan fingerprint density at radius 3 is 2.47 bits per heavy atom. The number of hydrogen-bond acceptors (Lipinski definition) is 7. The summed E-state index contributed by atoms with van der Waals surface area (Å²) in [6, 6.07) is 20.1. The third-order valence-corrected chi connectivity index (χ3v) is 6.41. The second-order valence-electron chi connectivity index (χ2n) is 8.40. The van der Waals surface area contributed by atoms with Crippen LogP contribution in [0.5, 0.6) is 11.6 Å². The molecule has 1 atom stereocenters. The molecule has 0 radical (unpaired) electrons. The number of ether oxygens (including phenoxy) is 1. The van der Waals surface area contributed by atoms with Gasteiger partial charge in [-0.2, -0.15) is 4.98 Å². The highest BCUT2D eigenvalue weighted by Crippen LogP contribution is 2.51. The van der Waals surface area contributed by atoms with E-state index in [1.165, 1.54) is 11.3 Å². The Balaban J connectivity index is 1.50. The fourth-order valence-electron chi connectivity index (χ4n) is 4.08. The van der Waals surface area contributed by atoms with Crippen molar-refractivity contribution in [3.63, 3.8) is 0 Å². The number of nitrogens with zero attached hydrogens (tertiary/aromatic N) is 3. The Morgan fingerprint density at radius 1 is 0.941 bits per heavy atom. The number of rotatable bonds is 5. The molecule has 3 heterocycles. The van der Waals surface area contributed by atoms with E-state index in [2.05, 4.69) is 25.8 Å². The number of benzene rings is 2. The van der Waals surface area contributed by atoms with Crippen molar-refractivity contribution in [3.8, 4) is 11.6 Å². The van der Waals surface area contributed by atoms with Crippen molar-refractivity contribution in [1.29, 1.82) is 0 Å². The van der Waals surface area contributed by atoms with Gasteiger partial charge in [0.05, 0.1) is 5.41 Å². The van der Waals surface area contributed by atoms with Crippen LogP contribution in [0, 0.1) is 5.41 Å². The van der Waals surface area contributed by atoms with Crippen LogP contribution in [0.2, 0.25) is 0 Å². The lowest BCUT2D eigenvalue weighted by Gasteiger charge is -2.37. The third-order valence-electron chi connectivity index (χ3n) is 5.80. The van der Waals surface area contributed by atoms with Crippen molar-refractivity contribution in [2.45, 2.75) is 19.8 Å². The summed E-state index contributed by atoms with van der Waals surface area (Å²) < 4.78 is 6.10. The van der Waals surface area contributed by atoms with E-state index in [4.69, 9.17) is 4.74 Å². The molecule has 9 heteroatoms. The highest BCUT2D eigenvalue weighted by Gasteiger charge is 2.44. The maximum atomic E-state index is 13.3. The first-order chi connectivity index (χ1) is 16.4. The molecule has 0 bridgehead atoms. The van der Waals surface area contributed by atoms with Gasteiger partial charge in [-0.3, -0.25) is 9.59 Å². The predicted octanol–water partition coefficient (Wildman–Crippen LogP) is 5.09. The van der Waals surface area contributed by atoms with E-state index in [0.29, 0.717) is 28.1 Å². The first-order valence-electron chi connectivity index (χ1n) is 10.7. The first-order valence-corrected chi connectivity index (χ1v) is 11.5. The molecule has 34 heavy (non-hydrogen) atoms. The number of anilines is 2. The van der Waals surface area contributed by atoms with Gasteiger partial charge in [0.2, 0.25) is 16.9 Å². The summed E-state index contributed by atoms with van der Waals surface area (Å²) in [5, 5.41) is 13.8. The Morgan fingerprint density at radius 2 is 1.71 bits per heavy atom. The maximum Gasteiger partial charge on any atom is 0.256 e. The van der Waals surface area contributed by atoms with Gasteiger partial charge in [-0.1, -0.05) is 61.6 Å². The summed E-state index contributed by atoms with van der Waals surface area (Å²) in [5.74, 6) is 0.534. The van der Waals surface area contributed by atoms with Gasteiger partial charge in [0, 0.05) is 22.6 Å². The number of hydrogen-bond donors (Lipinski definition) is 2. The molecule has 0 saturated carbocycles. The van der Waals surface area contributed by atoms with E-state index in [1.54, 1.807) is 35.8 Å². The summed E-state index contributed by atoms with van der Waals surface area (Å²) in [6.45, 7) is 3.76. The van der Waals surface area contributed by atoms with Crippen molar-refractivity contribution in [1.82, 2.24) is 15.2 Å². The summed E-state index contributed by atoms with van der Waals surface area (Å²) in [4.78, 5) is 30.5. The van der Waals surface area contributed by atoms with Gasteiger partial charge < -0.3 is 15.4 Å². The van der Waals surface area contributed by atoms with E-state index in [-0.39, 0.29) is 17.7 Å². The van der Waals surface area contributed by atoms with Crippen LogP contribution in [0.4, 0.5) is 10.9 Å². The molecule has 0 aliphatic carbocycles. The van der Waals surface area contributed by atoms with Crippen LogP contribution in [0.25, 0.3) is 0 Å². The largest absolute Gasteiger partial charge is 0.438 e. The molecule has 0 unspecified atom stereocenters. The second kappa shape index (κ2) is 8.68. The Kier molecular flexibility index (Phi) is 5.54. The highest BCUT2D eigenvalue weighted by molar-refractivity contribution is 7.13. The molecule has 8 nitrogen and oxygen atoms in total. The quantitative estimate of drug-likeness (QED) is 0.420. The third kappa shape index (κ3) is 4.01. The minimum Gasteiger partial charge on any atom is -0.438 e. The predicted molar refractivity (Wildman–Crippen MR) is 129 cm³/mol. The molecule has 2 aromatic heterocycles. The zero-order valence-corrected chi connectivity index (χ0v) is 19.3. The van der Waals surface area contributed by atoms with Gasteiger partial charge in [-0.25, -0.2) is 0 Å². The molecule has 2 N–H and O–H groups in total. The topological polar surface area (TPSA) is 106 Å². The molecule has 1 aliphatic rings. The van der Waals surface area contributed by atoms with Crippen LogP contribution in [0.1, 0.15) is 41.3 Å². The van der Waals surface area contributed by atoms with Crippen LogP contribution in [0.15, 0.2) is 72.2 Å². The zero-order chi connectivity index (χ0) is 23.7. The number of fused-ring (bicyclic) bond motifs is 2. The Labute approximate surface area is 200 Å². The molecule has 0 fully saturated rings. The Bertz CT molecular complexity index is 1360. The van der Waals surface area contributed by atoms with Crippen LogP contribution in [-0.2, 0) is 4.79 Å². The second-order valence-corrected chi connectivity index (χ2v) is 9.24. The monoisotopic (exact) mass is 471 g/mol. The lowest BCUT2D eigenvalue weighted by molar-refractivity contribution is -0.124. The van der Waals surface area contributed by atoms with Gasteiger partial charge in [-0.15, -0.1) is 10.2 Å². The molecule has 0 saturated heterocycles. The molecule has 170 valence electrons. The number of aromatic nitrogens is 3. The summed E-state index contributed by atoms with van der Waals surface area (Å²) >= 11 is 1.26. The number of carbonyl (C=O) groups excluding carboxylic acids is 2. The Hall–Kier alpha value is -4.11. The van der Waals surface area contributed by atoms with Crippen molar-refractivity contribution < 1.29 is 14.3 Å². The average Bonchev–Trinajstić information content (AvgIpc) is 3.36. The molecule has 5 rings (SSSR count). The number of pyridine rings is 1. The minimum atomic E-state index is -0.878. The fourth-order valence-corrected chi connectivity index (χ4v) is 4.52. The van der Waals surface area contributed by atoms with Gasteiger partial charge >= 0.3 is 0 Å². The van der Waals surface area contributed by atoms with Crippen LogP contribution in [-0.4, -0.2) is 27.0 Å². The summed E-state index contributed by atoms with van der Waals surface area (Å²) in [6.07, 6.45) is 0. The lowest BCUT2D eigenvalue weighted by atomic mass is 9.70. The van der Waals surface area contributed by atoms with E-state index in [9.17, 15) is 9.59 Å². The number of nitrogens with one attached hydrogen (secondary N) is 2. The van der Waals surface area contributed by atoms with Gasteiger partial charge in [-0.05, 0) is 30.3 Å². The van der Waals surface area contributed by atoms with Crippen molar-refractivity contribution in [2.75, 3.05) is 10.6 Å².